The van der Waals surface area contributed by atoms with E-state index in [1.54, 1.807) is 0 Å². The summed E-state index contributed by atoms with van der Waals surface area (Å²) in [5.74, 6) is 0.689. The van der Waals surface area contributed by atoms with Crippen molar-refractivity contribution in [3.63, 3.8) is 0 Å². The Kier molecular flexibility index (Phi) is 4.79. The first-order chi connectivity index (χ1) is 8.65. The third-order valence-electron chi connectivity index (χ3n) is 3.56. The third-order valence-corrected chi connectivity index (χ3v) is 3.56. The summed E-state index contributed by atoms with van der Waals surface area (Å²) in [6.07, 6.45) is 4.80. The van der Waals surface area contributed by atoms with E-state index in [1.807, 2.05) is 0 Å². The molecule has 1 aromatic rings. The molecule has 1 heterocycles. The summed E-state index contributed by atoms with van der Waals surface area (Å²) in [6.45, 7) is 5.41. The molecule has 0 bridgehead atoms. The summed E-state index contributed by atoms with van der Waals surface area (Å²) in [4.78, 5) is 0. The van der Waals surface area contributed by atoms with Gasteiger partial charge in [0.05, 0.1) is 6.10 Å². The second kappa shape index (κ2) is 6.35. The molecule has 0 aromatic heterocycles. The van der Waals surface area contributed by atoms with Gasteiger partial charge in [0.15, 0.2) is 0 Å². The van der Waals surface area contributed by atoms with Gasteiger partial charge in [0, 0.05) is 12.6 Å². The molecule has 0 aliphatic carbocycles. The Hall–Kier alpha value is -0.860. The van der Waals surface area contributed by atoms with Crippen molar-refractivity contribution in [2.24, 2.45) is 11.7 Å². The zero-order valence-electron chi connectivity index (χ0n) is 11.6. The van der Waals surface area contributed by atoms with Gasteiger partial charge in [-0.25, -0.2) is 0 Å². The SMILES string of the molecule is CC(C)Cc1cccc(C(N)CC2CCCO2)c1. The minimum absolute atomic E-state index is 0.111. The zero-order chi connectivity index (χ0) is 13.0. The molecule has 0 saturated carbocycles. The summed E-state index contributed by atoms with van der Waals surface area (Å²) < 4.78 is 5.66. The van der Waals surface area contributed by atoms with Crippen molar-refractivity contribution in [2.45, 2.75) is 51.7 Å². The van der Waals surface area contributed by atoms with Gasteiger partial charge in [-0.2, -0.15) is 0 Å². The Bertz CT molecular complexity index is 369. The van der Waals surface area contributed by atoms with Crippen molar-refractivity contribution < 1.29 is 4.74 Å². The molecular weight excluding hydrogens is 222 g/mol. The number of nitrogens with two attached hydrogens (primary N) is 1. The van der Waals surface area contributed by atoms with E-state index < -0.39 is 0 Å². The van der Waals surface area contributed by atoms with E-state index in [0.717, 1.165) is 19.4 Å². The fourth-order valence-corrected chi connectivity index (χ4v) is 2.67. The average molecular weight is 247 g/mol. The second-order valence-corrected chi connectivity index (χ2v) is 5.82. The zero-order valence-corrected chi connectivity index (χ0v) is 11.6. The Morgan fingerprint density at radius 2 is 2.22 bits per heavy atom. The molecule has 2 N–H and O–H groups in total. The molecule has 2 nitrogen and oxygen atoms in total. The Labute approximate surface area is 111 Å². The highest BCUT2D eigenvalue weighted by Crippen LogP contribution is 2.24. The first-order valence-corrected chi connectivity index (χ1v) is 7.11. The van der Waals surface area contributed by atoms with Crippen molar-refractivity contribution in [1.29, 1.82) is 0 Å². The number of hydrogen-bond donors (Lipinski definition) is 1. The van der Waals surface area contributed by atoms with Crippen LogP contribution in [0.3, 0.4) is 0 Å². The van der Waals surface area contributed by atoms with Crippen LogP contribution in [0.25, 0.3) is 0 Å². The lowest BCUT2D eigenvalue weighted by atomic mass is 9.95. The predicted octanol–water partition coefficient (Wildman–Crippen LogP) is 3.45. The van der Waals surface area contributed by atoms with Gasteiger partial charge in [-0.05, 0) is 42.7 Å². The minimum Gasteiger partial charge on any atom is -0.378 e. The minimum atomic E-state index is 0.111. The Balaban J connectivity index is 1.98. The summed E-state index contributed by atoms with van der Waals surface area (Å²) in [5.41, 5.74) is 8.94. The monoisotopic (exact) mass is 247 g/mol. The van der Waals surface area contributed by atoms with Crippen molar-refractivity contribution in [3.8, 4) is 0 Å². The van der Waals surface area contributed by atoms with Crippen LogP contribution in [0.15, 0.2) is 24.3 Å². The third kappa shape index (κ3) is 3.82. The molecule has 2 rings (SSSR count). The fourth-order valence-electron chi connectivity index (χ4n) is 2.67. The quantitative estimate of drug-likeness (QED) is 0.865. The van der Waals surface area contributed by atoms with E-state index >= 15 is 0 Å². The van der Waals surface area contributed by atoms with Crippen LogP contribution in [0.4, 0.5) is 0 Å². The van der Waals surface area contributed by atoms with Gasteiger partial charge in [-0.1, -0.05) is 38.1 Å². The van der Waals surface area contributed by atoms with Crippen LogP contribution in [0.2, 0.25) is 0 Å². The van der Waals surface area contributed by atoms with E-state index in [4.69, 9.17) is 10.5 Å². The molecule has 2 atom stereocenters. The molecule has 0 radical (unpaired) electrons. The maximum Gasteiger partial charge on any atom is 0.0594 e. The van der Waals surface area contributed by atoms with E-state index in [1.165, 1.54) is 24.0 Å². The maximum absolute atomic E-state index is 6.29. The molecule has 1 aliphatic heterocycles. The molecule has 1 fully saturated rings. The summed E-state index contributed by atoms with van der Waals surface area (Å²) >= 11 is 0. The van der Waals surface area contributed by atoms with E-state index in [9.17, 15) is 0 Å². The van der Waals surface area contributed by atoms with E-state index in [-0.39, 0.29) is 6.04 Å². The lowest BCUT2D eigenvalue weighted by Gasteiger charge is -2.17. The standard InChI is InChI=1S/C16H25NO/c1-12(2)9-13-5-3-6-14(10-13)16(17)11-15-7-4-8-18-15/h3,5-6,10,12,15-16H,4,7-9,11,17H2,1-2H3. The highest BCUT2D eigenvalue weighted by molar-refractivity contribution is 5.26. The molecule has 2 heteroatoms. The molecule has 2 unspecified atom stereocenters. The van der Waals surface area contributed by atoms with Crippen LogP contribution < -0.4 is 5.73 Å². The average Bonchev–Trinajstić information content (AvgIpc) is 2.81. The first kappa shape index (κ1) is 13.6. The molecule has 0 spiro atoms. The summed E-state index contributed by atoms with van der Waals surface area (Å²) in [5, 5.41) is 0. The largest absolute Gasteiger partial charge is 0.378 e. The van der Waals surface area contributed by atoms with Gasteiger partial charge in [0.1, 0.15) is 0 Å². The highest BCUT2D eigenvalue weighted by Gasteiger charge is 2.19. The molecular formula is C16H25NO. The maximum atomic E-state index is 6.29. The lowest BCUT2D eigenvalue weighted by molar-refractivity contribution is 0.0983. The van der Waals surface area contributed by atoms with Gasteiger partial charge in [0.2, 0.25) is 0 Å². The summed E-state index contributed by atoms with van der Waals surface area (Å²) in [7, 11) is 0. The molecule has 100 valence electrons. The van der Waals surface area contributed by atoms with Crippen LogP contribution in [0.5, 0.6) is 0 Å². The van der Waals surface area contributed by atoms with Gasteiger partial charge in [-0.15, -0.1) is 0 Å². The van der Waals surface area contributed by atoms with Crippen molar-refractivity contribution in [3.05, 3.63) is 35.4 Å². The number of benzene rings is 1. The Morgan fingerprint density at radius 1 is 1.39 bits per heavy atom. The normalized spacial score (nSPS) is 21.4. The number of ether oxygens (including phenoxy) is 1. The molecule has 0 amide bonds. The number of hydrogen-bond acceptors (Lipinski definition) is 2. The highest BCUT2D eigenvalue weighted by atomic mass is 16.5. The lowest BCUT2D eigenvalue weighted by Crippen LogP contribution is -2.18. The number of rotatable bonds is 5. The topological polar surface area (TPSA) is 35.2 Å². The van der Waals surface area contributed by atoms with Gasteiger partial charge in [-0.3, -0.25) is 0 Å². The summed E-state index contributed by atoms with van der Waals surface area (Å²) in [6, 6.07) is 8.84. The molecule has 18 heavy (non-hydrogen) atoms. The molecule has 1 aliphatic rings. The molecule has 1 saturated heterocycles. The van der Waals surface area contributed by atoms with Crippen LogP contribution in [0.1, 0.15) is 50.3 Å². The smallest absolute Gasteiger partial charge is 0.0594 e. The van der Waals surface area contributed by atoms with Crippen molar-refractivity contribution >= 4 is 0 Å². The Morgan fingerprint density at radius 3 is 2.89 bits per heavy atom. The van der Waals surface area contributed by atoms with Crippen LogP contribution in [-0.2, 0) is 11.2 Å². The van der Waals surface area contributed by atoms with Gasteiger partial charge >= 0.3 is 0 Å². The van der Waals surface area contributed by atoms with Crippen LogP contribution >= 0.6 is 0 Å². The fraction of sp³-hybridized carbons (Fsp3) is 0.625. The second-order valence-electron chi connectivity index (χ2n) is 5.82. The van der Waals surface area contributed by atoms with Crippen LogP contribution in [0, 0.1) is 5.92 Å². The van der Waals surface area contributed by atoms with Crippen molar-refractivity contribution in [1.82, 2.24) is 0 Å². The van der Waals surface area contributed by atoms with Crippen LogP contribution in [-0.4, -0.2) is 12.7 Å². The first-order valence-electron chi connectivity index (χ1n) is 7.11. The predicted molar refractivity (Wildman–Crippen MR) is 75.5 cm³/mol. The molecule has 1 aromatic carbocycles. The van der Waals surface area contributed by atoms with Gasteiger partial charge < -0.3 is 10.5 Å². The van der Waals surface area contributed by atoms with Crippen molar-refractivity contribution in [2.75, 3.05) is 6.61 Å². The van der Waals surface area contributed by atoms with E-state index in [2.05, 4.69) is 38.1 Å². The van der Waals surface area contributed by atoms with E-state index in [0.29, 0.717) is 12.0 Å². The van der Waals surface area contributed by atoms with Gasteiger partial charge in [0.25, 0.3) is 0 Å².